The first-order valence-electron chi connectivity index (χ1n) is 10.8. The van der Waals surface area contributed by atoms with Crippen LogP contribution in [0.2, 0.25) is 10.0 Å². The first kappa shape index (κ1) is 22.1. The number of aliphatic hydroxyl groups excluding tert-OH is 1. The van der Waals surface area contributed by atoms with Crippen LogP contribution in [0.1, 0.15) is 15.2 Å². The van der Waals surface area contributed by atoms with Gasteiger partial charge in [0.2, 0.25) is 0 Å². The summed E-state index contributed by atoms with van der Waals surface area (Å²) in [6.45, 7) is 5.39. The van der Waals surface area contributed by atoms with E-state index in [9.17, 15) is 9.90 Å². The van der Waals surface area contributed by atoms with E-state index in [0.717, 1.165) is 47.8 Å². The summed E-state index contributed by atoms with van der Waals surface area (Å²) in [6.07, 6.45) is -0.546. The maximum absolute atomic E-state index is 13.2. The first-order valence-corrected chi connectivity index (χ1v) is 12.4. The average molecular weight is 490 g/mol. The summed E-state index contributed by atoms with van der Waals surface area (Å²) in [4.78, 5) is 20.3. The summed E-state index contributed by atoms with van der Waals surface area (Å²) in [6, 6.07) is 15.8. The molecule has 32 heavy (non-hydrogen) atoms. The second-order valence-corrected chi connectivity index (χ2v) is 10.4. The third-order valence-corrected chi connectivity index (χ3v) is 8.39. The lowest BCUT2D eigenvalue weighted by Gasteiger charge is -2.38. The highest BCUT2D eigenvalue weighted by Crippen LogP contribution is 2.36. The fourth-order valence-corrected chi connectivity index (χ4v) is 6.30. The molecule has 0 aliphatic carbocycles. The Balaban J connectivity index is 1.20. The molecule has 2 aliphatic rings. The predicted molar refractivity (Wildman–Crippen MR) is 131 cm³/mol. The zero-order valence-electron chi connectivity index (χ0n) is 17.6. The molecule has 2 unspecified atom stereocenters. The minimum atomic E-state index is -0.546. The van der Waals surface area contributed by atoms with Crippen molar-refractivity contribution >= 4 is 50.5 Å². The molecule has 168 valence electrons. The molecule has 3 heterocycles. The fraction of sp³-hybridized carbons (Fsp3) is 0.375. The normalized spacial score (nSPS) is 22.7. The van der Waals surface area contributed by atoms with Gasteiger partial charge < -0.3 is 10.0 Å². The van der Waals surface area contributed by atoms with E-state index < -0.39 is 6.10 Å². The predicted octanol–water partition coefficient (Wildman–Crippen LogP) is 4.21. The molecule has 2 aliphatic heterocycles. The van der Waals surface area contributed by atoms with E-state index in [4.69, 9.17) is 23.2 Å². The summed E-state index contributed by atoms with van der Waals surface area (Å²) in [7, 11) is 0. The van der Waals surface area contributed by atoms with Crippen molar-refractivity contribution in [3.63, 3.8) is 0 Å². The lowest BCUT2D eigenvalue weighted by molar-refractivity contribution is 0.0423. The Bertz CT molecular complexity index is 1110. The van der Waals surface area contributed by atoms with Crippen molar-refractivity contribution in [2.45, 2.75) is 18.7 Å². The van der Waals surface area contributed by atoms with Crippen LogP contribution in [0.15, 0.2) is 48.5 Å². The molecule has 2 atom stereocenters. The number of carbonyl (C=O) groups excluding carboxylic acids is 1. The van der Waals surface area contributed by atoms with E-state index in [1.807, 2.05) is 36.4 Å². The number of fused-ring (bicyclic) bond motifs is 1. The Morgan fingerprint density at radius 1 is 1.00 bits per heavy atom. The van der Waals surface area contributed by atoms with Crippen LogP contribution in [-0.2, 0) is 6.54 Å². The number of rotatable bonds is 4. The number of hydrogen-bond acceptors (Lipinski definition) is 5. The lowest BCUT2D eigenvalue weighted by atomic mass is 10.1. The molecular weight excluding hydrogens is 465 g/mol. The molecule has 8 heteroatoms. The smallest absolute Gasteiger partial charge is 0.265 e. The molecule has 1 amide bonds. The van der Waals surface area contributed by atoms with Crippen molar-refractivity contribution in [2.75, 3.05) is 39.3 Å². The molecule has 2 aromatic carbocycles. The Hall–Kier alpha value is -1.67. The zero-order valence-corrected chi connectivity index (χ0v) is 19.9. The van der Waals surface area contributed by atoms with Gasteiger partial charge in [0.15, 0.2) is 0 Å². The number of thiophene rings is 1. The van der Waals surface area contributed by atoms with Crippen molar-refractivity contribution < 1.29 is 9.90 Å². The van der Waals surface area contributed by atoms with Gasteiger partial charge in [-0.15, -0.1) is 11.3 Å². The highest BCUT2D eigenvalue weighted by atomic mass is 35.5. The molecule has 0 radical (unpaired) electrons. The minimum absolute atomic E-state index is 0.0372. The van der Waals surface area contributed by atoms with Gasteiger partial charge in [-0.1, -0.05) is 53.5 Å². The van der Waals surface area contributed by atoms with Gasteiger partial charge >= 0.3 is 0 Å². The van der Waals surface area contributed by atoms with Crippen LogP contribution >= 0.6 is 34.5 Å². The van der Waals surface area contributed by atoms with Crippen LogP contribution in [0.4, 0.5) is 0 Å². The Kier molecular flexibility index (Phi) is 6.43. The monoisotopic (exact) mass is 489 g/mol. The fourth-order valence-electron chi connectivity index (χ4n) is 4.69. The highest BCUT2D eigenvalue weighted by molar-refractivity contribution is 7.21. The van der Waals surface area contributed by atoms with Crippen LogP contribution in [0.25, 0.3) is 10.1 Å². The van der Waals surface area contributed by atoms with Gasteiger partial charge in [-0.25, -0.2) is 0 Å². The summed E-state index contributed by atoms with van der Waals surface area (Å²) < 4.78 is 1.01. The topological polar surface area (TPSA) is 47.0 Å². The number of aliphatic hydroxyl groups is 1. The number of carbonyl (C=O) groups is 1. The van der Waals surface area contributed by atoms with E-state index in [1.165, 1.54) is 16.9 Å². The maximum Gasteiger partial charge on any atom is 0.265 e. The molecule has 0 saturated carbocycles. The Morgan fingerprint density at radius 2 is 1.72 bits per heavy atom. The standard InChI is InChI=1S/C24H25Cl2N3O2S/c25-17-7-5-16(6-8-17)13-27-9-11-28(12-10-27)19-14-29(15-20(19)30)24(31)23-22(26)18-3-1-2-4-21(18)32-23/h1-8,19-20,30H,9-15H2. The highest BCUT2D eigenvalue weighted by Gasteiger charge is 2.39. The van der Waals surface area contributed by atoms with E-state index in [2.05, 4.69) is 21.9 Å². The molecule has 1 N–H and O–H groups in total. The van der Waals surface area contributed by atoms with E-state index >= 15 is 0 Å². The van der Waals surface area contributed by atoms with Crippen molar-refractivity contribution in [3.05, 3.63) is 69.0 Å². The molecular formula is C24H25Cl2N3O2S. The van der Waals surface area contributed by atoms with Crippen LogP contribution in [0, 0.1) is 0 Å². The number of likely N-dealkylation sites (tertiary alicyclic amines) is 1. The van der Waals surface area contributed by atoms with Gasteiger partial charge in [-0.2, -0.15) is 0 Å². The van der Waals surface area contributed by atoms with Crippen molar-refractivity contribution in [3.8, 4) is 0 Å². The van der Waals surface area contributed by atoms with Gasteiger partial charge in [0.1, 0.15) is 4.88 Å². The van der Waals surface area contributed by atoms with E-state index in [-0.39, 0.29) is 11.9 Å². The number of amides is 1. The summed E-state index contributed by atoms with van der Waals surface area (Å²) in [5.74, 6) is -0.0841. The molecule has 5 nitrogen and oxygen atoms in total. The molecule has 1 aromatic heterocycles. The van der Waals surface area contributed by atoms with Gasteiger partial charge in [0.05, 0.1) is 17.2 Å². The molecule has 2 fully saturated rings. The van der Waals surface area contributed by atoms with Gasteiger partial charge in [-0.3, -0.25) is 14.6 Å². The Morgan fingerprint density at radius 3 is 2.44 bits per heavy atom. The lowest BCUT2D eigenvalue weighted by Crippen LogP contribution is -2.53. The molecule has 5 rings (SSSR count). The zero-order chi connectivity index (χ0) is 22.2. The molecule has 2 saturated heterocycles. The van der Waals surface area contributed by atoms with Gasteiger partial charge in [-0.05, 0) is 23.8 Å². The van der Waals surface area contributed by atoms with E-state index in [0.29, 0.717) is 23.0 Å². The van der Waals surface area contributed by atoms with Crippen molar-refractivity contribution in [1.29, 1.82) is 0 Å². The van der Waals surface area contributed by atoms with Gasteiger partial charge in [0, 0.05) is 60.9 Å². The third kappa shape index (κ3) is 4.40. The Labute approximate surface area is 201 Å². The van der Waals surface area contributed by atoms with Crippen LogP contribution in [0.5, 0.6) is 0 Å². The first-order chi connectivity index (χ1) is 15.5. The molecule has 0 spiro atoms. The third-order valence-electron chi connectivity index (χ3n) is 6.47. The molecule has 3 aromatic rings. The SMILES string of the molecule is O=C(c1sc2ccccc2c1Cl)N1CC(O)C(N2CCN(Cc3ccc(Cl)cc3)CC2)C1. The van der Waals surface area contributed by atoms with E-state index in [1.54, 1.807) is 4.90 Å². The van der Waals surface area contributed by atoms with Gasteiger partial charge in [0.25, 0.3) is 5.91 Å². The maximum atomic E-state index is 13.2. The summed E-state index contributed by atoms with van der Waals surface area (Å²) in [5, 5.41) is 12.9. The van der Waals surface area contributed by atoms with Crippen LogP contribution < -0.4 is 0 Å². The number of β-amino-alcohol motifs (C(OH)–C–C–N with tert-alkyl or cyclic N) is 1. The number of hydrogen-bond donors (Lipinski definition) is 1. The van der Waals surface area contributed by atoms with Crippen molar-refractivity contribution in [1.82, 2.24) is 14.7 Å². The number of nitrogens with zero attached hydrogens (tertiary/aromatic N) is 3. The van der Waals surface area contributed by atoms with Crippen LogP contribution in [0.3, 0.4) is 0 Å². The average Bonchev–Trinajstić information content (AvgIpc) is 3.36. The largest absolute Gasteiger partial charge is 0.390 e. The summed E-state index contributed by atoms with van der Waals surface area (Å²) in [5.41, 5.74) is 1.25. The number of benzene rings is 2. The number of piperazine rings is 1. The minimum Gasteiger partial charge on any atom is -0.390 e. The van der Waals surface area contributed by atoms with Crippen LogP contribution in [-0.4, -0.2) is 77.1 Å². The molecule has 0 bridgehead atoms. The second kappa shape index (κ2) is 9.29. The summed E-state index contributed by atoms with van der Waals surface area (Å²) >= 11 is 13.9. The quantitative estimate of drug-likeness (QED) is 0.596. The number of halogens is 2. The van der Waals surface area contributed by atoms with Crippen molar-refractivity contribution in [2.24, 2.45) is 0 Å². The second-order valence-electron chi connectivity index (χ2n) is 8.52.